The van der Waals surface area contributed by atoms with Crippen LogP contribution in [-0.4, -0.2) is 28.3 Å². The normalized spacial score (nSPS) is 29.6. The summed E-state index contributed by atoms with van der Waals surface area (Å²) in [7, 11) is -6.81. The Balaban J connectivity index is 2.97. The molecule has 0 saturated carbocycles. The predicted molar refractivity (Wildman–Crippen MR) is 36.5 cm³/mol. The zero-order chi connectivity index (χ0) is 7.83. The zero-order valence-corrected chi connectivity index (χ0v) is 6.78. The average molecular weight is 183 g/mol. The highest BCUT2D eigenvalue weighted by atomic mass is 32.3. The Kier molecular flexibility index (Phi) is 1.76. The van der Waals surface area contributed by atoms with Gasteiger partial charge in [-0.3, -0.25) is 16.8 Å². The number of rotatable bonds is 0. The lowest BCUT2D eigenvalue weighted by atomic mass is 10.6. The van der Waals surface area contributed by atoms with Gasteiger partial charge >= 0.3 is 0 Å². The second-order valence-corrected chi connectivity index (χ2v) is 6.42. The molecular formula is C4H7O4S2-. The molecule has 1 heterocycles. The number of sulfone groups is 2. The van der Waals surface area contributed by atoms with Crippen LogP contribution in [0.3, 0.4) is 0 Å². The molecule has 0 N–H and O–H groups in total. The summed E-state index contributed by atoms with van der Waals surface area (Å²) in [5.74, 6) is -0.0710. The molecule has 0 aromatic heterocycles. The van der Waals surface area contributed by atoms with E-state index in [2.05, 4.69) is 0 Å². The Morgan fingerprint density at radius 3 is 1.50 bits per heavy atom. The maximum atomic E-state index is 10.6. The van der Waals surface area contributed by atoms with Crippen LogP contribution in [0.1, 0.15) is 6.42 Å². The fourth-order valence-electron chi connectivity index (χ4n) is 0.781. The van der Waals surface area contributed by atoms with Crippen molar-refractivity contribution in [2.24, 2.45) is 0 Å². The number of hydrogen-bond donors (Lipinski definition) is 0. The van der Waals surface area contributed by atoms with Crippen LogP contribution in [0.2, 0.25) is 0 Å². The average Bonchev–Trinajstić information content (AvgIpc) is 1.56. The molecule has 0 aliphatic carbocycles. The molecule has 0 unspecified atom stereocenters. The Morgan fingerprint density at radius 1 is 0.900 bits per heavy atom. The molecule has 0 bridgehead atoms. The highest BCUT2D eigenvalue weighted by molar-refractivity contribution is 8.11. The summed E-state index contributed by atoms with van der Waals surface area (Å²) in [6.45, 7) is 0. The van der Waals surface area contributed by atoms with Gasteiger partial charge in [0.05, 0.1) is 0 Å². The molecule has 10 heavy (non-hydrogen) atoms. The van der Waals surface area contributed by atoms with E-state index >= 15 is 0 Å². The van der Waals surface area contributed by atoms with Gasteiger partial charge in [0.25, 0.3) is 0 Å². The SMILES string of the molecule is O=S1(=O)[CH-]S(=O)(=O)CCC1. The van der Waals surface area contributed by atoms with E-state index in [0.717, 1.165) is 0 Å². The van der Waals surface area contributed by atoms with Gasteiger partial charge in [-0.05, 0) is 6.42 Å². The highest BCUT2D eigenvalue weighted by Crippen LogP contribution is 2.14. The van der Waals surface area contributed by atoms with Gasteiger partial charge in [-0.15, -0.1) is 0 Å². The molecule has 1 rings (SSSR count). The highest BCUT2D eigenvalue weighted by Gasteiger charge is 2.16. The van der Waals surface area contributed by atoms with E-state index in [1.807, 2.05) is 0 Å². The molecule has 0 aromatic carbocycles. The van der Waals surface area contributed by atoms with Crippen molar-refractivity contribution >= 4 is 19.7 Å². The van der Waals surface area contributed by atoms with Crippen LogP contribution in [0.5, 0.6) is 0 Å². The fraction of sp³-hybridized carbons (Fsp3) is 0.750. The van der Waals surface area contributed by atoms with Crippen molar-refractivity contribution in [3.05, 3.63) is 5.08 Å². The third-order valence-electron chi connectivity index (χ3n) is 1.15. The summed E-state index contributed by atoms with van der Waals surface area (Å²) >= 11 is 0. The molecule has 0 spiro atoms. The molecule has 1 aliphatic rings. The minimum atomic E-state index is -3.40. The molecule has 1 aliphatic heterocycles. The summed E-state index contributed by atoms with van der Waals surface area (Å²) in [5.41, 5.74) is 0. The smallest absolute Gasteiger partial charge is 0.0377 e. The third-order valence-corrected chi connectivity index (χ3v) is 5.21. The lowest BCUT2D eigenvalue weighted by Crippen LogP contribution is -2.23. The molecule has 4 nitrogen and oxygen atoms in total. The molecule has 0 radical (unpaired) electrons. The first-order chi connectivity index (χ1) is 4.41. The Bertz CT molecular complexity index is 277. The second-order valence-electron chi connectivity index (χ2n) is 2.18. The van der Waals surface area contributed by atoms with Gasteiger partial charge in [-0.2, -0.15) is 0 Å². The van der Waals surface area contributed by atoms with Crippen molar-refractivity contribution in [2.45, 2.75) is 6.42 Å². The van der Waals surface area contributed by atoms with Crippen molar-refractivity contribution in [1.82, 2.24) is 0 Å². The van der Waals surface area contributed by atoms with E-state index in [4.69, 9.17) is 0 Å². The molecule has 1 fully saturated rings. The molecule has 6 heteroatoms. The van der Waals surface area contributed by atoms with E-state index in [1.165, 1.54) is 0 Å². The van der Waals surface area contributed by atoms with Crippen molar-refractivity contribution in [3.63, 3.8) is 0 Å². The first-order valence-electron chi connectivity index (χ1n) is 2.72. The summed E-state index contributed by atoms with van der Waals surface area (Å²) < 4.78 is 42.5. The van der Waals surface area contributed by atoms with Crippen molar-refractivity contribution in [1.29, 1.82) is 0 Å². The van der Waals surface area contributed by atoms with Gasteiger partial charge < -0.3 is 0 Å². The van der Waals surface area contributed by atoms with Crippen LogP contribution in [0.25, 0.3) is 0 Å². The first-order valence-corrected chi connectivity index (χ1v) is 6.15. The maximum Gasteiger partial charge on any atom is 0.0377 e. The summed E-state index contributed by atoms with van der Waals surface area (Å²) in [6.07, 6.45) is 0.223. The Hall–Kier alpha value is -0.100. The van der Waals surface area contributed by atoms with Gasteiger partial charge in [-0.25, -0.2) is 0 Å². The van der Waals surface area contributed by atoms with E-state index in [9.17, 15) is 16.8 Å². The van der Waals surface area contributed by atoms with Crippen molar-refractivity contribution in [3.8, 4) is 0 Å². The minimum Gasteiger partial charge on any atom is -0.261 e. The molecule has 60 valence electrons. The summed E-state index contributed by atoms with van der Waals surface area (Å²) in [5, 5.41) is 0.462. The first kappa shape index (κ1) is 8.00. The van der Waals surface area contributed by atoms with Gasteiger partial charge in [0.2, 0.25) is 0 Å². The van der Waals surface area contributed by atoms with Crippen LogP contribution in [0.4, 0.5) is 0 Å². The quantitative estimate of drug-likeness (QED) is 0.467. The maximum absolute atomic E-state index is 10.6. The van der Waals surface area contributed by atoms with Crippen LogP contribution in [0, 0.1) is 5.08 Å². The largest absolute Gasteiger partial charge is 0.261 e. The van der Waals surface area contributed by atoms with Crippen molar-refractivity contribution in [2.75, 3.05) is 11.5 Å². The zero-order valence-electron chi connectivity index (χ0n) is 5.15. The van der Waals surface area contributed by atoms with Crippen molar-refractivity contribution < 1.29 is 16.8 Å². The Labute approximate surface area is 60.1 Å². The van der Waals surface area contributed by atoms with E-state index in [1.54, 1.807) is 0 Å². The molecule has 0 atom stereocenters. The lowest BCUT2D eigenvalue weighted by Gasteiger charge is -2.20. The van der Waals surface area contributed by atoms with E-state index in [-0.39, 0.29) is 17.9 Å². The van der Waals surface area contributed by atoms with Crippen LogP contribution in [-0.2, 0) is 19.7 Å². The minimum absolute atomic E-state index is 0.0355. The topological polar surface area (TPSA) is 68.3 Å². The Morgan fingerprint density at radius 2 is 1.30 bits per heavy atom. The molecule has 0 amide bonds. The lowest BCUT2D eigenvalue weighted by molar-refractivity contribution is 0.586. The van der Waals surface area contributed by atoms with Gasteiger partial charge in [0.1, 0.15) is 0 Å². The monoisotopic (exact) mass is 183 g/mol. The van der Waals surface area contributed by atoms with E-state index in [0.29, 0.717) is 5.08 Å². The second kappa shape index (κ2) is 2.20. The predicted octanol–water partition coefficient (Wildman–Crippen LogP) is -0.661. The molecule has 0 aromatic rings. The third kappa shape index (κ3) is 1.95. The summed E-state index contributed by atoms with van der Waals surface area (Å²) in [6, 6.07) is 0. The standard InChI is InChI=1S/C4H7O4S2/c5-9(6)2-1-3-10(7,8)4-9/h4H,1-3H2/q-1. The van der Waals surface area contributed by atoms with Gasteiger partial charge in [-0.1, -0.05) is 5.08 Å². The van der Waals surface area contributed by atoms with Crippen LogP contribution in [0.15, 0.2) is 0 Å². The molecular weight excluding hydrogens is 176 g/mol. The van der Waals surface area contributed by atoms with E-state index < -0.39 is 19.7 Å². The fourth-order valence-corrected chi connectivity index (χ4v) is 4.61. The number of hydrogen-bond acceptors (Lipinski definition) is 4. The van der Waals surface area contributed by atoms with Crippen LogP contribution < -0.4 is 0 Å². The van der Waals surface area contributed by atoms with Gasteiger partial charge in [0.15, 0.2) is 0 Å². The van der Waals surface area contributed by atoms with Gasteiger partial charge in [0, 0.05) is 31.2 Å². The molecule has 1 saturated heterocycles. The van der Waals surface area contributed by atoms with Crippen LogP contribution >= 0.6 is 0 Å². The summed E-state index contributed by atoms with van der Waals surface area (Å²) in [4.78, 5) is 0.